The molecule has 0 saturated heterocycles. The molecule has 0 aliphatic heterocycles. The zero-order chi connectivity index (χ0) is 19.4. The van der Waals surface area contributed by atoms with Crippen LogP contribution >= 0.6 is 15.9 Å². The van der Waals surface area contributed by atoms with Gasteiger partial charge in [-0.25, -0.2) is 4.79 Å². The Morgan fingerprint density at radius 3 is 2.31 bits per heavy atom. The molecule has 26 heavy (non-hydrogen) atoms. The number of methoxy groups -OCH3 is 1. The van der Waals surface area contributed by atoms with Crippen molar-refractivity contribution in [3.05, 3.63) is 72.9 Å². The van der Waals surface area contributed by atoms with Crippen molar-refractivity contribution < 1.29 is 19.2 Å². The number of aryl methyl sites for hydroxylation is 3. The summed E-state index contributed by atoms with van der Waals surface area (Å²) in [6, 6.07) is 7.00. The van der Waals surface area contributed by atoms with E-state index < -0.39 is 10.9 Å². The van der Waals surface area contributed by atoms with E-state index in [1.165, 1.54) is 13.2 Å². The summed E-state index contributed by atoms with van der Waals surface area (Å²) in [6.45, 7) is 5.68. The first-order valence-corrected chi connectivity index (χ1v) is 8.51. The Balaban J connectivity index is 2.40. The zero-order valence-electron chi connectivity index (χ0n) is 14.8. The lowest BCUT2D eigenvalue weighted by Gasteiger charge is -2.14. The van der Waals surface area contributed by atoms with Crippen molar-refractivity contribution in [2.75, 3.05) is 7.11 Å². The van der Waals surface area contributed by atoms with Crippen molar-refractivity contribution >= 4 is 28.0 Å². The van der Waals surface area contributed by atoms with E-state index in [0.717, 1.165) is 22.9 Å². The van der Waals surface area contributed by atoms with Gasteiger partial charge in [-0.1, -0.05) is 17.7 Å². The maximum atomic E-state index is 12.7. The van der Waals surface area contributed by atoms with Gasteiger partial charge in [-0.2, -0.15) is 0 Å². The highest BCUT2D eigenvalue weighted by Gasteiger charge is 2.20. The summed E-state index contributed by atoms with van der Waals surface area (Å²) in [6.07, 6.45) is 2.15. The van der Waals surface area contributed by atoms with Crippen molar-refractivity contribution in [1.82, 2.24) is 0 Å². The molecule has 0 radical (unpaired) electrons. The Hall–Kier alpha value is -2.67. The highest BCUT2D eigenvalue weighted by atomic mass is 79.9. The van der Waals surface area contributed by atoms with Gasteiger partial charge in [0, 0.05) is 6.08 Å². The Morgan fingerprint density at radius 1 is 1.15 bits per heavy atom. The summed E-state index contributed by atoms with van der Waals surface area (Å²) in [5.74, 6) is 0.0147. The molecule has 0 fully saturated rings. The summed E-state index contributed by atoms with van der Waals surface area (Å²) >= 11 is 3.33. The first-order chi connectivity index (χ1) is 12.2. The first kappa shape index (κ1) is 19.7. The minimum absolute atomic E-state index is 0.218. The molecular formula is C19H18BrNO5. The van der Waals surface area contributed by atoms with E-state index in [9.17, 15) is 14.9 Å². The van der Waals surface area contributed by atoms with Gasteiger partial charge in [0.15, 0.2) is 11.5 Å². The number of hydrogen-bond donors (Lipinski definition) is 0. The number of rotatable bonds is 5. The first-order valence-electron chi connectivity index (χ1n) is 7.72. The second kappa shape index (κ2) is 8.14. The quantitative estimate of drug-likeness (QED) is 0.299. The molecule has 0 aliphatic carbocycles. The van der Waals surface area contributed by atoms with E-state index in [4.69, 9.17) is 9.47 Å². The zero-order valence-corrected chi connectivity index (χ0v) is 16.4. The largest absolute Gasteiger partial charge is 0.493 e. The van der Waals surface area contributed by atoms with Crippen molar-refractivity contribution in [3.8, 4) is 11.5 Å². The third-order valence-corrected chi connectivity index (χ3v) is 4.31. The monoisotopic (exact) mass is 419 g/mol. The maximum Gasteiger partial charge on any atom is 0.344 e. The van der Waals surface area contributed by atoms with Gasteiger partial charge in [0.05, 0.1) is 22.1 Å². The normalized spacial score (nSPS) is 10.8. The van der Waals surface area contributed by atoms with Gasteiger partial charge in [0.1, 0.15) is 0 Å². The van der Waals surface area contributed by atoms with E-state index >= 15 is 0 Å². The molecule has 0 atom stereocenters. The van der Waals surface area contributed by atoms with E-state index in [1.54, 1.807) is 12.1 Å². The molecule has 0 unspecified atom stereocenters. The molecular weight excluding hydrogens is 402 g/mol. The lowest BCUT2D eigenvalue weighted by Crippen LogP contribution is -2.13. The topological polar surface area (TPSA) is 78.7 Å². The van der Waals surface area contributed by atoms with Crippen LogP contribution in [0.15, 0.2) is 34.9 Å². The molecule has 2 aromatic rings. The third kappa shape index (κ3) is 4.49. The number of esters is 1. The van der Waals surface area contributed by atoms with Crippen LogP contribution < -0.4 is 9.47 Å². The summed E-state index contributed by atoms with van der Waals surface area (Å²) in [4.78, 5) is 22.6. The second-order valence-corrected chi connectivity index (χ2v) is 6.65. The average Bonchev–Trinajstić information content (AvgIpc) is 2.53. The third-order valence-electron chi connectivity index (χ3n) is 3.72. The minimum Gasteiger partial charge on any atom is -0.493 e. The number of hydrogen-bond acceptors (Lipinski definition) is 5. The number of ether oxygens (including phenoxy) is 2. The van der Waals surface area contributed by atoms with Crippen molar-refractivity contribution in [2.45, 2.75) is 20.8 Å². The molecule has 2 aromatic carbocycles. The van der Waals surface area contributed by atoms with Crippen LogP contribution in [0.4, 0.5) is 0 Å². The van der Waals surface area contributed by atoms with Crippen LogP contribution in [0.1, 0.15) is 32.6 Å². The molecule has 0 amide bonds. The lowest BCUT2D eigenvalue weighted by atomic mass is 10.00. The average molecular weight is 420 g/mol. The van der Waals surface area contributed by atoms with E-state index in [-0.39, 0.29) is 11.5 Å². The summed E-state index contributed by atoms with van der Waals surface area (Å²) in [5.41, 5.74) is 3.76. The summed E-state index contributed by atoms with van der Waals surface area (Å²) in [7, 11) is 1.43. The highest BCUT2D eigenvalue weighted by molar-refractivity contribution is 9.10. The molecule has 0 bridgehead atoms. The second-order valence-electron chi connectivity index (χ2n) is 5.80. The molecule has 136 valence electrons. The van der Waals surface area contributed by atoms with Crippen molar-refractivity contribution in [2.24, 2.45) is 0 Å². The van der Waals surface area contributed by atoms with Crippen LogP contribution in [-0.2, 0) is 0 Å². The fourth-order valence-electron chi connectivity index (χ4n) is 2.73. The van der Waals surface area contributed by atoms with E-state index in [0.29, 0.717) is 15.6 Å². The molecule has 0 spiro atoms. The van der Waals surface area contributed by atoms with Gasteiger partial charge in [0.25, 0.3) is 0 Å². The predicted molar refractivity (Wildman–Crippen MR) is 102 cm³/mol. The van der Waals surface area contributed by atoms with Crippen LogP contribution in [0, 0.1) is 30.9 Å². The maximum absolute atomic E-state index is 12.7. The van der Waals surface area contributed by atoms with Crippen molar-refractivity contribution in [3.63, 3.8) is 0 Å². The Morgan fingerprint density at radius 2 is 1.77 bits per heavy atom. The fourth-order valence-corrected chi connectivity index (χ4v) is 3.27. The van der Waals surface area contributed by atoms with Gasteiger partial charge in [-0.05, 0) is 65.5 Å². The van der Waals surface area contributed by atoms with Gasteiger partial charge < -0.3 is 9.47 Å². The number of carbonyl (C=O) groups excluding carboxylic acids is 1. The summed E-state index contributed by atoms with van der Waals surface area (Å²) < 4.78 is 11.3. The van der Waals surface area contributed by atoms with Crippen LogP contribution in [0.5, 0.6) is 11.5 Å². The van der Waals surface area contributed by atoms with E-state index in [1.807, 2.05) is 32.9 Å². The molecule has 0 N–H and O–H groups in total. The number of carbonyl (C=O) groups is 1. The van der Waals surface area contributed by atoms with Crippen LogP contribution in [0.25, 0.3) is 6.08 Å². The molecule has 0 aliphatic rings. The molecule has 7 heteroatoms. The van der Waals surface area contributed by atoms with E-state index in [2.05, 4.69) is 15.9 Å². The van der Waals surface area contributed by atoms with Crippen LogP contribution in [0.2, 0.25) is 0 Å². The standard InChI is InChI=1S/C19H18BrNO5/c1-11-7-12(2)17(13(3)8-11)19(22)26-18-15(20)9-14(5-6-21(23)24)10-16(18)25-4/h5-10H,1-4H3. The smallest absolute Gasteiger partial charge is 0.344 e. The van der Waals surface area contributed by atoms with Gasteiger partial charge >= 0.3 is 5.97 Å². The Kier molecular flexibility index (Phi) is 6.15. The number of nitro groups is 1. The molecule has 2 rings (SSSR count). The van der Waals surface area contributed by atoms with Crippen LogP contribution in [-0.4, -0.2) is 18.0 Å². The van der Waals surface area contributed by atoms with Crippen molar-refractivity contribution in [1.29, 1.82) is 0 Å². The fraction of sp³-hybridized carbons (Fsp3) is 0.211. The Bertz CT molecular complexity index is 882. The molecule has 0 saturated carbocycles. The van der Waals surface area contributed by atoms with Gasteiger partial charge in [-0.15, -0.1) is 0 Å². The van der Waals surface area contributed by atoms with Gasteiger partial charge in [-0.3, -0.25) is 10.1 Å². The Labute approximate surface area is 159 Å². The SMILES string of the molecule is COc1cc(C=C[N+](=O)[O-])cc(Br)c1OC(=O)c1c(C)cc(C)cc1C. The highest BCUT2D eigenvalue weighted by Crippen LogP contribution is 2.38. The molecule has 6 nitrogen and oxygen atoms in total. The summed E-state index contributed by atoms with van der Waals surface area (Å²) in [5, 5.41) is 10.5. The molecule has 0 aromatic heterocycles. The molecule has 0 heterocycles. The van der Waals surface area contributed by atoms with Crippen LogP contribution in [0.3, 0.4) is 0 Å². The number of halogens is 1. The minimum atomic E-state index is -0.558. The number of nitrogens with zero attached hydrogens (tertiary/aromatic N) is 1. The lowest BCUT2D eigenvalue weighted by molar-refractivity contribution is -0.400. The van der Waals surface area contributed by atoms with Gasteiger partial charge in [0.2, 0.25) is 6.20 Å². The predicted octanol–water partition coefficient (Wildman–Crippen LogP) is 4.85. The number of benzene rings is 2.